The smallest absolute Gasteiger partial charge is 0.240 e. The summed E-state index contributed by atoms with van der Waals surface area (Å²) in [6.45, 7) is 4.93. The zero-order valence-corrected chi connectivity index (χ0v) is 15.6. The van der Waals surface area contributed by atoms with Crippen molar-refractivity contribution in [3.8, 4) is 11.5 Å². The molecule has 7 heteroatoms. The van der Waals surface area contributed by atoms with Crippen LogP contribution in [0.25, 0.3) is 0 Å². The Bertz CT molecular complexity index is 898. The van der Waals surface area contributed by atoms with Gasteiger partial charge in [0.05, 0.1) is 4.90 Å². The van der Waals surface area contributed by atoms with Gasteiger partial charge in [-0.25, -0.2) is 17.5 Å². The molecule has 0 aromatic heterocycles. The van der Waals surface area contributed by atoms with Crippen LogP contribution in [0.3, 0.4) is 0 Å². The van der Waals surface area contributed by atoms with E-state index in [1.165, 1.54) is 25.1 Å². The Kier molecular flexibility index (Phi) is 5.48. The van der Waals surface area contributed by atoms with Crippen molar-refractivity contribution in [2.75, 3.05) is 19.8 Å². The average molecular weight is 379 g/mol. The molecule has 0 radical (unpaired) electrons. The largest absolute Gasteiger partial charge is 0.486 e. The fourth-order valence-corrected chi connectivity index (χ4v) is 3.94. The number of benzene rings is 2. The SMILES string of the molecule is Cc1cc(S(=O)(=O)NCCC(C)c2ccc3c(c2)OCCO3)ccc1F. The Labute approximate surface area is 153 Å². The number of fused-ring (bicyclic) bond motifs is 1. The van der Waals surface area contributed by atoms with Crippen LogP contribution in [0, 0.1) is 12.7 Å². The molecule has 1 atom stereocenters. The lowest BCUT2D eigenvalue weighted by atomic mass is 9.97. The molecule has 1 aliphatic rings. The zero-order valence-electron chi connectivity index (χ0n) is 14.8. The second kappa shape index (κ2) is 7.63. The third kappa shape index (κ3) is 4.16. The number of aryl methyl sites for hydroxylation is 1. The van der Waals surface area contributed by atoms with Crippen molar-refractivity contribution in [3.63, 3.8) is 0 Å². The van der Waals surface area contributed by atoms with Crippen LogP contribution in [0.2, 0.25) is 0 Å². The number of rotatable bonds is 6. The number of nitrogens with one attached hydrogen (secondary N) is 1. The minimum absolute atomic E-state index is 0.0726. The summed E-state index contributed by atoms with van der Waals surface area (Å²) in [4.78, 5) is 0.0726. The summed E-state index contributed by atoms with van der Waals surface area (Å²) < 4.78 is 51.7. The molecule has 140 valence electrons. The van der Waals surface area contributed by atoms with E-state index in [1.54, 1.807) is 0 Å². The first-order valence-corrected chi connectivity index (χ1v) is 10.0. The highest BCUT2D eigenvalue weighted by Gasteiger charge is 2.17. The van der Waals surface area contributed by atoms with Crippen LogP contribution in [0.5, 0.6) is 11.5 Å². The van der Waals surface area contributed by atoms with Crippen molar-refractivity contribution in [1.29, 1.82) is 0 Å². The molecule has 0 bridgehead atoms. The number of hydrogen-bond donors (Lipinski definition) is 1. The molecule has 0 amide bonds. The highest BCUT2D eigenvalue weighted by Crippen LogP contribution is 2.33. The van der Waals surface area contributed by atoms with Gasteiger partial charge in [-0.1, -0.05) is 13.0 Å². The number of sulfonamides is 1. The molecule has 2 aromatic carbocycles. The van der Waals surface area contributed by atoms with Crippen molar-refractivity contribution in [1.82, 2.24) is 4.72 Å². The lowest BCUT2D eigenvalue weighted by Crippen LogP contribution is -2.25. The maximum atomic E-state index is 13.3. The fourth-order valence-electron chi connectivity index (χ4n) is 2.81. The van der Waals surface area contributed by atoms with Gasteiger partial charge in [0, 0.05) is 6.54 Å². The highest BCUT2D eigenvalue weighted by molar-refractivity contribution is 7.89. The predicted octanol–water partition coefficient (Wildman–Crippen LogP) is 3.38. The topological polar surface area (TPSA) is 64.6 Å². The minimum atomic E-state index is -3.65. The predicted molar refractivity (Wildman–Crippen MR) is 96.8 cm³/mol. The Morgan fingerprint density at radius 3 is 2.58 bits per heavy atom. The van der Waals surface area contributed by atoms with Gasteiger partial charge in [0.2, 0.25) is 10.0 Å². The Morgan fingerprint density at radius 2 is 1.85 bits per heavy atom. The van der Waals surface area contributed by atoms with Crippen LogP contribution in [0.15, 0.2) is 41.3 Å². The molecule has 0 fully saturated rings. The van der Waals surface area contributed by atoms with E-state index in [0.717, 1.165) is 17.1 Å². The number of hydrogen-bond acceptors (Lipinski definition) is 4. The van der Waals surface area contributed by atoms with E-state index in [9.17, 15) is 12.8 Å². The Balaban J connectivity index is 1.61. The van der Waals surface area contributed by atoms with Crippen LogP contribution >= 0.6 is 0 Å². The molecular formula is C19H22FNO4S. The van der Waals surface area contributed by atoms with E-state index in [-0.39, 0.29) is 17.4 Å². The van der Waals surface area contributed by atoms with Gasteiger partial charge in [0.25, 0.3) is 0 Å². The van der Waals surface area contributed by atoms with E-state index < -0.39 is 15.8 Å². The molecule has 0 spiro atoms. The van der Waals surface area contributed by atoms with E-state index in [1.807, 2.05) is 25.1 Å². The molecule has 1 aliphatic heterocycles. The zero-order chi connectivity index (χ0) is 18.7. The molecule has 0 saturated carbocycles. The van der Waals surface area contributed by atoms with Gasteiger partial charge < -0.3 is 9.47 Å². The summed E-state index contributed by atoms with van der Waals surface area (Å²) in [6, 6.07) is 9.57. The van der Waals surface area contributed by atoms with Crippen molar-refractivity contribution < 1.29 is 22.3 Å². The standard InChI is InChI=1S/C19H22FNO4S/c1-13(15-3-6-18-19(12-15)25-10-9-24-18)7-8-21-26(22,23)16-4-5-17(20)14(2)11-16/h3-6,11-13,21H,7-10H2,1-2H3. The van der Waals surface area contributed by atoms with Crippen LogP contribution < -0.4 is 14.2 Å². The van der Waals surface area contributed by atoms with Crippen molar-refractivity contribution >= 4 is 10.0 Å². The lowest BCUT2D eigenvalue weighted by Gasteiger charge is -2.20. The molecule has 1 N–H and O–H groups in total. The average Bonchev–Trinajstić information content (AvgIpc) is 2.63. The van der Waals surface area contributed by atoms with Crippen molar-refractivity contribution in [2.24, 2.45) is 0 Å². The third-order valence-electron chi connectivity index (χ3n) is 4.44. The van der Waals surface area contributed by atoms with Crippen LogP contribution in [0.4, 0.5) is 4.39 Å². The Morgan fingerprint density at radius 1 is 1.12 bits per heavy atom. The maximum absolute atomic E-state index is 13.3. The number of halogens is 1. The first kappa shape index (κ1) is 18.7. The number of ether oxygens (including phenoxy) is 2. The summed E-state index contributed by atoms with van der Waals surface area (Å²) in [5.41, 5.74) is 1.36. The molecule has 0 saturated heterocycles. The minimum Gasteiger partial charge on any atom is -0.486 e. The summed E-state index contributed by atoms with van der Waals surface area (Å²) in [5.74, 6) is 1.18. The second-order valence-electron chi connectivity index (χ2n) is 6.40. The van der Waals surface area contributed by atoms with Crippen molar-refractivity contribution in [3.05, 3.63) is 53.3 Å². The van der Waals surface area contributed by atoms with Crippen molar-refractivity contribution in [2.45, 2.75) is 31.1 Å². The van der Waals surface area contributed by atoms with Gasteiger partial charge in [-0.15, -0.1) is 0 Å². The first-order chi connectivity index (χ1) is 12.4. The summed E-state index contributed by atoms with van der Waals surface area (Å²) in [6.07, 6.45) is 0.624. The van der Waals surface area contributed by atoms with Gasteiger partial charge in [-0.2, -0.15) is 0 Å². The molecule has 5 nitrogen and oxygen atoms in total. The van der Waals surface area contributed by atoms with Gasteiger partial charge in [-0.3, -0.25) is 0 Å². The molecular weight excluding hydrogens is 357 g/mol. The summed E-state index contributed by atoms with van der Waals surface area (Å²) in [5, 5.41) is 0. The lowest BCUT2D eigenvalue weighted by molar-refractivity contribution is 0.171. The second-order valence-corrected chi connectivity index (χ2v) is 8.17. The molecule has 1 unspecified atom stereocenters. The molecule has 0 aliphatic carbocycles. The quantitative estimate of drug-likeness (QED) is 0.836. The van der Waals surface area contributed by atoms with Crippen LogP contribution in [0.1, 0.15) is 30.4 Å². The van der Waals surface area contributed by atoms with Crippen LogP contribution in [-0.2, 0) is 10.0 Å². The highest BCUT2D eigenvalue weighted by atomic mass is 32.2. The van der Waals surface area contributed by atoms with Crippen LogP contribution in [-0.4, -0.2) is 28.2 Å². The fraction of sp³-hybridized carbons (Fsp3) is 0.368. The van der Waals surface area contributed by atoms with E-state index >= 15 is 0 Å². The molecule has 1 heterocycles. The summed E-state index contributed by atoms with van der Waals surface area (Å²) in [7, 11) is -3.65. The molecule has 2 aromatic rings. The first-order valence-electron chi connectivity index (χ1n) is 8.52. The monoisotopic (exact) mass is 379 g/mol. The maximum Gasteiger partial charge on any atom is 0.240 e. The normalized spacial score (nSPS) is 14.9. The Hall–Kier alpha value is -2.12. The van der Waals surface area contributed by atoms with Gasteiger partial charge >= 0.3 is 0 Å². The van der Waals surface area contributed by atoms with E-state index in [0.29, 0.717) is 25.2 Å². The molecule has 26 heavy (non-hydrogen) atoms. The van der Waals surface area contributed by atoms with Gasteiger partial charge in [-0.05, 0) is 60.7 Å². The van der Waals surface area contributed by atoms with Gasteiger partial charge in [0.15, 0.2) is 11.5 Å². The molecule has 3 rings (SSSR count). The van der Waals surface area contributed by atoms with E-state index in [4.69, 9.17) is 9.47 Å². The van der Waals surface area contributed by atoms with Gasteiger partial charge in [0.1, 0.15) is 19.0 Å². The third-order valence-corrected chi connectivity index (χ3v) is 5.90. The summed E-state index contributed by atoms with van der Waals surface area (Å²) >= 11 is 0. The van der Waals surface area contributed by atoms with E-state index in [2.05, 4.69) is 4.72 Å².